The van der Waals surface area contributed by atoms with Gasteiger partial charge in [0.2, 0.25) is 0 Å². The molecule has 26 heavy (non-hydrogen) atoms. The van der Waals surface area contributed by atoms with Crippen molar-refractivity contribution >= 4 is 48.0 Å². The summed E-state index contributed by atoms with van der Waals surface area (Å²) >= 11 is 1.46. The van der Waals surface area contributed by atoms with Crippen LogP contribution in [0.1, 0.15) is 22.3 Å². The third-order valence-corrected chi connectivity index (χ3v) is 7.10. The molecule has 3 N–H and O–H groups in total. The molecule has 0 saturated heterocycles. The van der Waals surface area contributed by atoms with Gasteiger partial charge in [0.15, 0.2) is 15.7 Å². The van der Waals surface area contributed by atoms with E-state index in [2.05, 4.69) is 9.97 Å². The minimum Gasteiger partial charge on any atom is -0.494 e. The van der Waals surface area contributed by atoms with E-state index < -0.39 is 9.84 Å². The first-order chi connectivity index (χ1) is 12.4. The van der Waals surface area contributed by atoms with Crippen LogP contribution >= 0.6 is 11.3 Å². The third-order valence-electron chi connectivity index (χ3n) is 4.73. The predicted octanol–water partition coefficient (Wildman–Crippen LogP) is 3.33. The van der Waals surface area contributed by atoms with Gasteiger partial charge in [0.25, 0.3) is 0 Å². The number of benzene rings is 2. The number of aromatic nitrogens is 2. The highest BCUT2D eigenvalue weighted by Gasteiger charge is 2.26. The van der Waals surface area contributed by atoms with E-state index in [1.165, 1.54) is 11.3 Å². The Hall–Kier alpha value is -2.71. The summed E-state index contributed by atoms with van der Waals surface area (Å²) in [6.07, 6.45) is 0. The summed E-state index contributed by atoms with van der Waals surface area (Å²) in [4.78, 5) is 7.22. The Morgan fingerprint density at radius 2 is 2.00 bits per heavy atom. The van der Waals surface area contributed by atoms with Crippen molar-refractivity contribution in [2.45, 2.75) is 11.5 Å². The molecule has 0 unspecified atom stereocenters. The SMILES string of the molecule is N=C(c1ccc2c(c1)CS(=O)(=O)C2)c1c(O)[nH]c2ccc3ncsc3c12. The first-order valence-corrected chi connectivity index (χ1v) is 10.6. The van der Waals surface area contributed by atoms with Crippen molar-refractivity contribution in [3.63, 3.8) is 0 Å². The van der Waals surface area contributed by atoms with Crippen LogP contribution in [0, 0.1) is 5.41 Å². The summed E-state index contributed by atoms with van der Waals surface area (Å²) in [6.45, 7) is 0. The van der Waals surface area contributed by atoms with E-state index in [4.69, 9.17) is 5.41 Å². The van der Waals surface area contributed by atoms with Gasteiger partial charge in [-0.3, -0.25) is 5.41 Å². The van der Waals surface area contributed by atoms with Gasteiger partial charge in [-0.1, -0.05) is 12.1 Å². The average molecular weight is 383 g/mol. The smallest absolute Gasteiger partial charge is 0.199 e. The molecule has 1 aliphatic heterocycles. The van der Waals surface area contributed by atoms with Crippen LogP contribution in [0.25, 0.3) is 21.1 Å². The van der Waals surface area contributed by atoms with Crippen molar-refractivity contribution in [1.29, 1.82) is 5.41 Å². The molecule has 0 amide bonds. The van der Waals surface area contributed by atoms with Crippen molar-refractivity contribution in [3.05, 3.63) is 58.1 Å². The minimum atomic E-state index is -3.10. The second kappa shape index (κ2) is 5.15. The van der Waals surface area contributed by atoms with Gasteiger partial charge in [-0.15, -0.1) is 11.3 Å². The second-order valence-corrected chi connectivity index (χ2v) is 9.35. The second-order valence-electron chi connectivity index (χ2n) is 6.43. The number of sulfone groups is 1. The molecule has 0 saturated carbocycles. The fourth-order valence-corrected chi connectivity index (χ4v) is 6.00. The summed E-state index contributed by atoms with van der Waals surface area (Å²) in [5, 5.41) is 19.9. The average Bonchev–Trinajstić information content (AvgIpc) is 3.25. The molecule has 0 atom stereocenters. The molecule has 0 fully saturated rings. The van der Waals surface area contributed by atoms with E-state index in [-0.39, 0.29) is 23.1 Å². The Bertz CT molecular complexity index is 1330. The molecule has 3 heterocycles. The molecule has 1 aliphatic rings. The molecule has 0 bridgehead atoms. The molecule has 8 heteroatoms. The highest BCUT2D eigenvalue weighted by molar-refractivity contribution is 7.90. The number of nitrogens with one attached hydrogen (secondary N) is 2. The first-order valence-electron chi connectivity index (χ1n) is 7.91. The Labute approximate surface area is 152 Å². The van der Waals surface area contributed by atoms with Crippen LogP contribution in [0.4, 0.5) is 0 Å². The molecule has 0 radical (unpaired) electrons. The van der Waals surface area contributed by atoms with Gasteiger partial charge in [0.05, 0.1) is 44.0 Å². The summed E-state index contributed by atoms with van der Waals surface area (Å²) in [5.41, 5.74) is 5.96. The zero-order valence-electron chi connectivity index (χ0n) is 13.4. The molecule has 0 spiro atoms. The number of hydrogen-bond donors (Lipinski definition) is 3. The maximum Gasteiger partial charge on any atom is 0.199 e. The zero-order chi connectivity index (χ0) is 18.1. The van der Waals surface area contributed by atoms with E-state index in [9.17, 15) is 13.5 Å². The van der Waals surface area contributed by atoms with E-state index in [1.54, 1.807) is 23.7 Å². The van der Waals surface area contributed by atoms with Gasteiger partial charge in [0.1, 0.15) is 0 Å². The molecule has 130 valence electrons. The summed E-state index contributed by atoms with van der Waals surface area (Å²) < 4.78 is 24.6. The van der Waals surface area contributed by atoms with Crippen LogP contribution in [-0.4, -0.2) is 29.2 Å². The lowest BCUT2D eigenvalue weighted by atomic mass is 9.98. The molecule has 5 rings (SSSR count). The van der Waals surface area contributed by atoms with Crippen molar-refractivity contribution in [2.75, 3.05) is 0 Å². The number of nitrogens with zero attached hydrogens (tertiary/aromatic N) is 1. The lowest BCUT2D eigenvalue weighted by molar-refractivity contribution is 0.457. The Balaban J connectivity index is 1.71. The number of aromatic amines is 1. The van der Waals surface area contributed by atoms with Gasteiger partial charge < -0.3 is 10.1 Å². The number of aromatic hydroxyl groups is 1. The van der Waals surface area contributed by atoms with Crippen LogP contribution in [-0.2, 0) is 21.3 Å². The number of hydrogen-bond acceptors (Lipinski definition) is 6. The molecular weight excluding hydrogens is 370 g/mol. The Morgan fingerprint density at radius 1 is 1.19 bits per heavy atom. The van der Waals surface area contributed by atoms with Gasteiger partial charge >= 0.3 is 0 Å². The molecule has 2 aromatic carbocycles. The maximum absolute atomic E-state index is 11.8. The molecule has 4 aromatic rings. The van der Waals surface area contributed by atoms with E-state index in [0.717, 1.165) is 32.2 Å². The quantitative estimate of drug-likeness (QED) is 0.462. The predicted molar refractivity (Wildman–Crippen MR) is 102 cm³/mol. The standard InChI is InChI=1S/C18H13N3O3S2/c19-16(9-1-2-10-6-26(23,24)7-11(10)5-9)15-14-12(21-18(15)22)3-4-13-17(14)25-8-20-13/h1-5,8,19,21-22H,6-7H2. The maximum atomic E-state index is 11.8. The van der Waals surface area contributed by atoms with Gasteiger partial charge in [-0.25, -0.2) is 13.4 Å². The van der Waals surface area contributed by atoms with Crippen LogP contribution < -0.4 is 0 Å². The summed E-state index contributed by atoms with van der Waals surface area (Å²) in [5.74, 6) is -0.0166. The Morgan fingerprint density at radius 3 is 2.85 bits per heavy atom. The number of thiazole rings is 1. The molecule has 2 aromatic heterocycles. The van der Waals surface area contributed by atoms with E-state index in [1.807, 2.05) is 12.1 Å². The normalized spacial score (nSPS) is 15.5. The summed E-state index contributed by atoms with van der Waals surface area (Å²) in [6, 6.07) is 8.96. The minimum absolute atomic E-state index is 0.00239. The Kier molecular flexibility index (Phi) is 3.08. The first kappa shape index (κ1) is 15.5. The van der Waals surface area contributed by atoms with Crippen molar-refractivity contribution in [2.24, 2.45) is 0 Å². The fraction of sp³-hybridized carbons (Fsp3) is 0.111. The van der Waals surface area contributed by atoms with E-state index >= 15 is 0 Å². The highest BCUT2D eigenvalue weighted by atomic mass is 32.2. The van der Waals surface area contributed by atoms with Gasteiger partial charge in [0, 0.05) is 10.9 Å². The van der Waals surface area contributed by atoms with Crippen LogP contribution in [0.15, 0.2) is 35.8 Å². The topological polar surface area (TPSA) is 107 Å². The summed E-state index contributed by atoms with van der Waals surface area (Å²) in [7, 11) is -3.10. The largest absolute Gasteiger partial charge is 0.494 e. The molecule has 0 aliphatic carbocycles. The zero-order valence-corrected chi connectivity index (χ0v) is 15.0. The molecule has 6 nitrogen and oxygen atoms in total. The van der Waals surface area contributed by atoms with Crippen LogP contribution in [0.3, 0.4) is 0 Å². The van der Waals surface area contributed by atoms with Crippen molar-refractivity contribution < 1.29 is 13.5 Å². The lowest BCUT2D eigenvalue weighted by Gasteiger charge is -2.07. The number of rotatable bonds is 2. The number of H-pyrrole nitrogens is 1. The monoisotopic (exact) mass is 383 g/mol. The van der Waals surface area contributed by atoms with E-state index in [0.29, 0.717) is 11.1 Å². The van der Waals surface area contributed by atoms with Crippen molar-refractivity contribution in [3.8, 4) is 5.88 Å². The highest BCUT2D eigenvalue weighted by Crippen LogP contribution is 2.37. The van der Waals surface area contributed by atoms with Crippen molar-refractivity contribution in [1.82, 2.24) is 9.97 Å². The van der Waals surface area contributed by atoms with Gasteiger partial charge in [-0.2, -0.15) is 0 Å². The lowest BCUT2D eigenvalue weighted by Crippen LogP contribution is -2.02. The fourth-order valence-electron chi connectivity index (χ4n) is 3.56. The van der Waals surface area contributed by atoms with Crippen LogP contribution in [0.2, 0.25) is 0 Å². The van der Waals surface area contributed by atoms with Gasteiger partial charge in [-0.05, 0) is 29.3 Å². The van der Waals surface area contributed by atoms with Crippen LogP contribution in [0.5, 0.6) is 5.88 Å². The molecular formula is C18H13N3O3S2. The number of fused-ring (bicyclic) bond motifs is 4. The third kappa shape index (κ3) is 2.19.